The van der Waals surface area contributed by atoms with Crippen molar-refractivity contribution >= 4 is 79.7 Å². The predicted molar refractivity (Wildman–Crippen MR) is 345 cm³/mol. The smallest absolute Gasteiger partial charge is 0.259 e. The number of anilines is 4. The second kappa shape index (κ2) is 17.8. The van der Waals surface area contributed by atoms with Gasteiger partial charge in [-0.15, -0.1) is 11.3 Å². The van der Waals surface area contributed by atoms with Crippen molar-refractivity contribution in [3.05, 3.63) is 145 Å². The van der Waals surface area contributed by atoms with Crippen LogP contribution in [-0.4, -0.2) is 16.7 Å². The molecule has 0 amide bonds. The first kappa shape index (κ1) is 53.8. The Morgan fingerprint density at radius 3 is 1.91 bits per heavy atom. The molecule has 1 saturated carbocycles. The van der Waals surface area contributed by atoms with Gasteiger partial charge in [-0.05, 0) is 212 Å². The lowest BCUT2D eigenvalue weighted by Crippen LogP contribution is -2.61. The Morgan fingerprint density at radius 1 is 0.675 bits per heavy atom. The normalized spacial score (nSPS) is 24.5. The first-order valence-electron chi connectivity index (χ1n) is 30.1. The minimum Gasteiger partial charge on any atom is -0.334 e. The summed E-state index contributed by atoms with van der Waals surface area (Å²) in [4.78, 5) is 7.29. The highest BCUT2D eigenvalue weighted by molar-refractivity contribution is 14.1. The molecule has 0 spiro atoms. The molecule has 7 aliphatic rings. The molecule has 3 heterocycles. The summed E-state index contributed by atoms with van der Waals surface area (Å²) in [6.45, 7) is 44.8. The summed E-state index contributed by atoms with van der Waals surface area (Å²) < 4.78 is 2.08. The molecule has 1 fully saturated rings. The Bertz CT molecular complexity index is 3360. The van der Waals surface area contributed by atoms with E-state index in [0.29, 0.717) is 15.8 Å². The number of hydrogen-bond acceptors (Lipinski definition) is 3. The van der Waals surface area contributed by atoms with Gasteiger partial charge in [-0.1, -0.05) is 194 Å². The molecule has 4 aromatic carbocycles. The second-order valence-corrected chi connectivity index (χ2v) is 33.6. The minimum absolute atomic E-state index is 0.0692. The number of fused-ring (bicyclic) bond motifs is 9. The van der Waals surface area contributed by atoms with Crippen molar-refractivity contribution in [1.29, 1.82) is 0 Å². The third-order valence-corrected chi connectivity index (χ3v) is 23.7. The maximum absolute atomic E-state index is 2.98. The first-order valence-corrected chi connectivity index (χ1v) is 32.1. The molecule has 5 aliphatic carbocycles. The number of hydrogen-bond donors (Lipinski definition) is 0. The van der Waals surface area contributed by atoms with Gasteiger partial charge in [0.05, 0.1) is 11.7 Å². The molecule has 2 nitrogen and oxygen atoms in total. The largest absolute Gasteiger partial charge is 0.334 e. The van der Waals surface area contributed by atoms with Crippen LogP contribution in [0.4, 0.5) is 22.7 Å². The van der Waals surface area contributed by atoms with Gasteiger partial charge >= 0.3 is 0 Å². The van der Waals surface area contributed by atoms with E-state index in [1.54, 1.807) is 32.5 Å². The third-order valence-electron chi connectivity index (χ3n) is 21.6. The van der Waals surface area contributed by atoms with E-state index in [4.69, 9.17) is 0 Å². The summed E-state index contributed by atoms with van der Waals surface area (Å²) in [5, 5.41) is 0. The molecule has 2 aliphatic heterocycles. The van der Waals surface area contributed by atoms with Crippen LogP contribution in [0.2, 0.25) is 0 Å². The average molecular weight is 1150 g/mol. The summed E-state index contributed by atoms with van der Waals surface area (Å²) in [5.41, 5.74) is 27.4. The highest BCUT2D eigenvalue weighted by atomic mass is 127. The van der Waals surface area contributed by atoms with Crippen LogP contribution in [0.3, 0.4) is 0 Å². The third kappa shape index (κ3) is 8.45. The van der Waals surface area contributed by atoms with Gasteiger partial charge < -0.3 is 9.80 Å². The van der Waals surface area contributed by atoms with Crippen LogP contribution in [0.25, 0.3) is 17.2 Å². The zero-order valence-electron chi connectivity index (χ0n) is 50.5. The van der Waals surface area contributed by atoms with E-state index in [1.165, 1.54) is 116 Å². The van der Waals surface area contributed by atoms with Crippen molar-refractivity contribution in [3.63, 3.8) is 0 Å². The van der Waals surface area contributed by atoms with E-state index in [0.717, 1.165) is 19.3 Å². The van der Waals surface area contributed by atoms with Crippen molar-refractivity contribution in [2.24, 2.45) is 16.7 Å². The fraction of sp³-hybridized carbons (Fsp3) is 0.528. The summed E-state index contributed by atoms with van der Waals surface area (Å²) in [6, 6.07) is 30.9. The number of rotatable bonds is 6. The maximum Gasteiger partial charge on any atom is 0.259 e. The Kier molecular flexibility index (Phi) is 12.5. The van der Waals surface area contributed by atoms with E-state index in [1.807, 2.05) is 0 Å². The number of benzene rings is 4. The highest BCUT2D eigenvalue weighted by Crippen LogP contribution is 2.60. The van der Waals surface area contributed by atoms with Gasteiger partial charge in [0.15, 0.2) is 0 Å². The van der Waals surface area contributed by atoms with Crippen LogP contribution >= 0.6 is 33.9 Å². The average Bonchev–Trinajstić information content (AvgIpc) is 3.81. The van der Waals surface area contributed by atoms with Crippen molar-refractivity contribution < 1.29 is 0 Å². The number of thiophene rings is 1. The van der Waals surface area contributed by atoms with E-state index < -0.39 is 0 Å². The number of allylic oxidation sites excluding steroid dienone is 2. The fourth-order valence-corrected chi connectivity index (χ4v) is 18.5. The summed E-state index contributed by atoms with van der Waals surface area (Å²) in [5.74, 6) is 0.974. The minimum atomic E-state index is 0.0692. The van der Waals surface area contributed by atoms with Crippen molar-refractivity contribution in [2.75, 3.05) is 9.80 Å². The SMILES string of the molecule is CCC(c1ccc(N2c3c(sc4c3CC3C(=C4)C(C)(C)CCC3(C)C)B3C4=C(C=C(C)CC42)N(c2ccc4c(c2)C(C)(C)CCC4(C)C)c2cc4c(cc23)C(C)(C)CCC4(C)C)c(-c2ccc(C(C)(C)C)cc2)c1)C(C)I. The van der Waals surface area contributed by atoms with Crippen molar-refractivity contribution in [3.8, 4) is 11.1 Å². The van der Waals surface area contributed by atoms with Crippen molar-refractivity contribution in [2.45, 2.75) is 225 Å². The molecule has 5 aromatic rings. The zero-order valence-corrected chi connectivity index (χ0v) is 53.5. The molecule has 4 atom stereocenters. The zero-order chi connectivity index (χ0) is 55.1. The molecule has 5 heteroatoms. The standard InChI is InChI=1S/C72H90BIN2S/c1-19-48(43(3)74)45-22-27-58(49(36-45)44-20-23-46(24-21-44)66(4,5)6)76-61-35-42(2)34-60-63(61)73(65-64(76)50-38-53-56(41-62(50)77-65)72(17,18)33-30-69(53,11)12)57-39-54-55(71(15,16)32-31-70(54,13)14)40-59(57)75(60)47-25-26-51-52(37-47)68(9,10)29-28-67(51,7)8/h20-27,34,36-37,39-41,43,48,53,61H,19,28-33,35,38H2,1-18H3. The van der Waals surface area contributed by atoms with Crippen LogP contribution < -0.4 is 20.0 Å². The molecule has 4 unspecified atom stereocenters. The van der Waals surface area contributed by atoms with Gasteiger partial charge in [-0.25, -0.2) is 0 Å². The van der Waals surface area contributed by atoms with Gasteiger partial charge in [0.25, 0.3) is 6.71 Å². The Morgan fingerprint density at radius 2 is 1.29 bits per heavy atom. The van der Waals surface area contributed by atoms with Gasteiger partial charge in [0, 0.05) is 41.9 Å². The monoisotopic (exact) mass is 1150 g/mol. The van der Waals surface area contributed by atoms with Gasteiger partial charge in [0.2, 0.25) is 0 Å². The molecule has 0 N–H and O–H groups in total. The van der Waals surface area contributed by atoms with Crippen LogP contribution in [0.15, 0.2) is 101 Å². The molecular formula is C72H90BIN2S. The Labute approximate surface area is 484 Å². The number of alkyl halides is 1. The van der Waals surface area contributed by atoms with Crippen molar-refractivity contribution in [1.82, 2.24) is 0 Å². The highest BCUT2D eigenvalue weighted by Gasteiger charge is 2.54. The second-order valence-electron chi connectivity index (χ2n) is 30.6. The van der Waals surface area contributed by atoms with E-state index in [2.05, 4.69) is 253 Å². The van der Waals surface area contributed by atoms with Crippen LogP contribution in [0, 0.1) is 16.7 Å². The number of halogens is 1. The molecular weight excluding hydrogens is 1060 g/mol. The van der Waals surface area contributed by atoms with Crippen LogP contribution in [-0.2, 0) is 33.5 Å². The quantitative estimate of drug-likeness (QED) is 0.0950. The molecule has 12 rings (SSSR count). The molecule has 0 radical (unpaired) electrons. The molecule has 0 saturated heterocycles. The lowest BCUT2D eigenvalue weighted by atomic mass is 9.33. The maximum atomic E-state index is 2.98. The predicted octanol–water partition coefficient (Wildman–Crippen LogP) is 19.6. The molecule has 1 aromatic heterocycles. The summed E-state index contributed by atoms with van der Waals surface area (Å²) in [7, 11) is 0. The Hall–Kier alpha value is -3.81. The van der Waals surface area contributed by atoms with E-state index in [9.17, 15) is 0 Å². The molecule has 77 heavy (non-hydrogen) atoms. The lowest BCUT2D eigenvalue weighted by Gasteiger charge is -2.52. The lowest BCUT2D eigenvalue weighted by molar-refractivity contribution is 0.123. The first-order chi connectivity index (χ1) is 35.9. The molecule has 0 bridgehead atoms. The van der Waals surface area contributed by atoms with E-state index in [-0.39, 0.29) is 50.7 Å². The Balaban J connectivity index is 1.20. The van der Waals surface area contributed by atoms with Crippen LogP contribution in [0.5, 0.6) is 0 Å². The topological polar surface area (TPSA) is 6.48 Å². The number of nitrogens with zero attached hydrogens (tertiary/aromatic N) is 2. The summed E-state index contributed by atoms with van der Waals surface area (Å²) in [6.07, 6.45) is 15.9. The summed E-state index contributed by atoms with van der Waals surface area (Å²) >= 11 is 4.85. The van der Waals surface area contributed by atoms with E-state index >= 15 is 0 Å². The fourth-order valence-electron chi connectivity index (χ4n) is 16.1. The van der Waals surface area contributed by atoms with Gasteiger partial charge in [0.1, 0.15) is 0 Å². The van der Waals surface area contributed by atoms with Gasteiger partial charge in [-0.2, -0.15) is 0 Å². The van der Waals surface area contributed by atoms with Gasteiger partial charge in [-0.3, -0.25) is 0 Å². The van der Waals surface area contributed by atoms with Crippen LogP contribution in [0.1, 0.15) is 226 Å². The molecule has 404 valence electrons.